The van der Waals surface area contributed by atoms with E-state index in [1.54, 1.807) is 13.8 Å². The van der Waals surface area contributed by atoms with Gasteiger partial charge in [-0.15, -0.1) is 0 Å². The normalized spacial score (nSPS) is 14.0. The molecule has 0 fully saturated rings. The van der Waals surface area contributed by atoms with E-state index in [-0.39, 0.29) is 18.9 Å². The number of carbonyl (C=O) groups excluding carboxylic acids is 2. The fraction of sp³-hybridized carbons (Fsp3) is 0.800. The molecule has 0 rings (SSSR count). The van der Waals surface area contributed by atoms with Crippen molar-refractivity contribution in [2.75, 3.05) is 20.2 Å². The Balaban J connectivity index is 3.76. The molecule has 0 saturated heterocycles. The van der Waals surface area contributed by atoms with Gasteiger partial charge in [0.1, 0.15) is 0 Å². The summed E-state index contributed by atoms with van der Waals surface area (Å²) in [7, 11) is 1.54. The van der Waals surface area contributed by atoms with Crippen LogP contribution in [0.25, 0.3) is 0 Å². The van der Waals surface area contributed by atoms with Crippen LogP contribution in [-0.2, 0) is 14.3 Å². The molecule has 3 N–H and O–H groups in total. The van der Waals surface area contributed by atoms with E-state index in [4.69, 9.17) is 0 Å². The van der Waals surface area contributed by atoms with E-state index in [0.717, 1.165) is 0 Å². The lowest BCUT2D eigenvalue weighted by molar-refractivity contribution is -0.145. The summed E-state index contributed by atoms with van der Waals surface area (Å²) < 4.78 is 4.68. The Hall–Kier alpha value is -1.14. The quantitative estimate of drug-likeness (QED) is 0.491. The monoisotopic (exact) mass is 232 g/mol. The van der Waals surface area contributed by atoms with Crippen molar-refractivity contribution in [1.29, 1.82) is 0 Å². The molecule has 0 saturated carbocycles. The maximum Gasteiger partial charge on any atom is 0.308 e. The zero-order valence-corrected chi connectivity index (χ0v) is 9.95. The molecule has 0 aliphatic heterocycles. The van der Waals surface area contributed by atoms with Gasteiger partial charge < -0.3 is 20.5 Å². The number of ether oxygens (including phenoxy) is 1. The second-order valence-corrected chi connectivity index (χ2v) is 3.41. The summed E-state index contributed by atoms with van der Waals surface area (Å²) in [6, 6.07) is -0.401. The van der Waals surface area contributed by atoms with Crippen LogP contribution in [0, 0.1) is 0 Å². The van der Waals surface area contributed by atoms with E-state index in [1.807, 2.05) is 0 Å². The van der Waals surface area contributed by atoms with Crippen molar-refractivity contribution in [3.8, 4) is 0 Å². The van der Waals surface area contributed by atoms with Crippen molar-refractivity contribution in [1.82, 2.24) is 10.6 Å². The first kappa shape index (κ1) is 14.9. The molecule has 0 heterocycles. The average Bonchev–Trinajstić information content (AvgIpc) is 2.24. The summed E-state index contributed by atoms with van der Waals surface area (Å²) >= 11 is 0. The predicted molar refractivity (Wildman–Crippen MR) is 58.8 cm³/mol. The third kappa shape index (κ3) is 6.36. The molecule has 2 atom stereocenters. The smallest absolute Gasteiger partial charge is 0.308 e. The highest BCUT2D eigenvalue weighted by Crippen LogP contribution is 1.94. The second-order valence-electron chi connectivity index (χ2n) is 3.41. The van der Waals surface area contributed by atoms with Gasteiger partial charge in [0, 0.05) is 13.6 Å². The summed E-state index contributed by atoms with van der Waals surface area (Å²) in [5.74, 6) is -0.604. The number of rotatable bonds is 7. The molecule has 16 heavy (non-hydrogen) atoms. The molecule has 0 spiro atoms. The Morgan fingerprint density at radius 3 is 2.56 bits per heavy atom. The van der Waals surface area contributed by atoms with Crippen molar-refractivity contribution < 1.29 is 19.4 Å². The fourth-order valence-corrected chi connectivity index (χ4v) is 1.11. The van der Waals surface area contributed by atoms with E-state index in [9.17, 15) is 14.7 Å². The van der Waals surface area contributed by atoms with E-state index in [2.05, 4.69) is 15.4 Å². The van der Waals surface area contributed by atoms with Crippen LogP contribution >= 0.6 is 0 Å². The van der Waals surface area contributed by atoms with Crippen LogP contribution in [0.4, 0.5) is 0 Å². The largest absolute Gasteiger partial charge is 0.466 e. The Morgan fingerprint density at radius 1 is 1.44 bits per heavy atom. The number of hydrogen-bond donors (Lipinski definition) is 3. The third-order valence-corrected chi connectivity index (χ3v) is 2.01. The molecule has 94 valence electrons. The summed E-state index contributed by atoms with van der Waals surface area (Å²) in [4.78, 5) is 22.1. The number of aliphatic hydroxyl groups is 1. The average molecular weight is 232 g/mol. The molecule has 2 unspecified atom stereocenters. The lowest BCUT2D eigenvalue weighted by Gasteiger charge is -2.15. The number of carbonyl (C=O) groups is 2. The molecule has 6 nitrogen and oxygen atoms in total. The van der Waals surface area contributed by atoms with Crippen LogP contribution in [0.2, 0.25) is 0 Å². The SMILES string of the molecule is CCOC(=O)CC(O)CNC(C)C(=O)NC. The summed E-state index contributed by atoms with van der Waals surface area (Å²) in [6.07, 6.45) is -0.910. The predicted octanol–water partition coefficient (Wildman–Crippen LogP) is -0.975. The van der Waals surface area contributed by atoms with E-state index < -0.39 is 18.1 Å². The van der Waals surface area contributed by atoms with Gasteiger partial charge in [0.25, 0.3) is 0 Å². The number of likely N-dealkylation sites (N-methyl/N-ethyl adjacent to an activating group) is 1. The first-order chi connectivity index (χ1) is 7.51. The van der Waals surface area contributed by atoms with Gasteiger partial charge >= 0.3 is 5.97 Å². The first-order valence-corrected chi connectivity index (χ1v) is 5.29. The number of nitrogens with one attached hydrogen (secondary N) is 2. The molecular weight excluding hydrogens is 212 g/mol. The zero-order chi connectivity index (χ0) is 12.6. The fourth-order valence-electron chi connectivity index (χ4n) is 1.11. The van der Waals surface area contributed by atoms with E-state index in [1.165, 1.54) is 7.05 Å². The van der Waals surface area contributed by atoms with E-state index in [0.29, 0.717) is 6.61 Å². The van der Waals surface area contributed by atoms with Crippen molar-refractivity contribution in [3.63, 3.8) is 0 Å². The lowest BCUT2D eigenvalue weighted by atomic mass is 10.2. The van der Waals surface area contributed by atoms with Crippen molar-refractivity contribution in [2.24, 2.45) is 0 Å². The van der Waals surface area contributed by atoms with Crippen LogP contribution in [0.5, 0.6) is 0 Å². The number of amides is 1. The first-order valence-electron chi connectivity index (χ1n) is 5.29. The molecule has 6 heteroatoms. The van der Waals surface area contributed by atoms with Gasteiger partial charge in [0.15, 0.2) is 0 Å². The summed E-state index contributed by atoms with van der Waals surface area (Å²) in [5.41, 5.74) is 0. The highest BCUT2D eigenvalue weighted by Gasteiger charge is 2.15. The highest BCUT2D eigenvalue weighted by molar-refractivity contribution is 5.80. The Bertz CT molecular complexity index is 233. The summed E-state index contributed by atoms with van der Waals surface area (Å²) in [6.45, 7) is 3.85. The molecule has 0 bridgehead atoms. The molecule has 0 aliphatic rings. The summed E-state index contributed by atoms with van der Waals surface area (Å²) in [5, 5.41) is 14.7. The van der Waals surface area contributed by atoms with Crippen LogP contribution < -0.4 is 10.6 Å². The lowest BCUT2D eigenvalue weighted by Crippen LogP contribution is -2.44. The van der Waals surface area contributed by atoms with E-state index >= 15 is 0 Å². The second kappa shape index (κ2) is 8.06. The van der Waals surface area contributed by atoms with Gasteiger partial charge in [-0.25, -0.2) is 0 Å². The standard InChI is InChI=1S/C10H20N2O4/c1-4-16-9(14)5-8(13)6-12-7(2)10(15)11-3/h7-8,12-13H,4-6H2,1-3H3,(H,11,15). The molecule has 0 radical (unpaired) electrons. The van der Waals surface area contributed by atoms with Crippen LogP contribution in [0.3, 0.4) is 0 Å². The zero-order valence-electron chi connectivity index (χ0n) is 9.95. The van der Waals surface area contributed by atoms with Gasteiger partial charge in [-0.1, -0.05) is 0 Å². The van der Waals surface area contributed by atoms with Crippen molar-refractivity contribution in [3.05, 3.63) is 0 Å². The van der Waals surface area contributed by atoms with Gasteiger partial charge in [0.05, 0.1) is 25.2 Å². The van der Waals surface area contributed by atoms with Gasteiger partial charge in [-0.2, -0.15) is 0 Å². The minimum Gasteiger partial charge on any atom is -0.466 e. The van der Waals surface area contributed by atoms with Crippen LogP contribution in [-0.4, -0.2) is 49.3 Å². The Labute approximate surface area is 95.4 Å². The van der Waals surface area contributed by atoms with Gasteiger partial charge in [-0.3, -0.25) is 9.59 Å². The number of esters is 1. The third-order valence-electron chi connectivity index (χ3n) is 2.01. The molecule has 0 aliphatic carbocycles. The molecule has 1 amide bonds. The molecule has 0 aromatic heterocycles. The highest BCUT2D eigenvalue weighted by atomic mass is 16.5. The van der Waals surface area contributed by atoms with Crippen molar-refractivity contribution in [2.45, 2.75) is 32.4 Å². The van der Waals surface area contributed by atoms with Crippen LogP contribution in [0.1, 0.15) is 20.3 Å². The molecule has 0 aromatic carbocycles. The topological polar surface area (TPSA) is 87.7 Å². The maximum absolute atomic E-state index is 11.1. The Kier molecular flexibility index (Phi) is 7.49. The van der Waals surface area contributed by atoms with Crippen LogP contribution in [0.15, 0.2) is 0 Å². The maximum atomic E-state index is 11.1. The van der Waals surface area contributed by atoms with Crippen molar-refractivity contribution >= 4 is 11.9 Å². The molecular formula is C10H20N2O4. The minimum atomic E-state index is -0.842. The Morgan fingerprint density at radius 2 is 2.06 bits per heavy atom. The van der Waals surface area contributed by atoms with Gasteiger partial charge in [0.2, 0.25) is 5.91 Å². The van der Waals surface area contributed by atoms with Gasteiger partial charge in [-0.05, 0) is 13.8 Å². The number of hydrogen-bond acceptors (Lipinski definition) is 5. The minimum absolute atomic E-state index is 0.0682. The molecule has 0 aromatic rings. The number of aliphatic hydroxyl groups excluding tert-OH is 1.